The number of carbonyl (C=O) groups is 2. The lowest BCUT2D eigenvalue weighted by atomic mass is 9.94. The lowest BCUT2D eigenvalue weighted by Gasteiger charge is -2.32. The molecule has 3 rings (SSSR count). The Morgan fingerprint density at radius 2 is 1.77 bits per heavy atom. The summed E-state index contributed by atoms with van der Waals surface area (Å²) >= 11 is 0. The number of benzene rings is 2. The van der Waals surface area contributed by atoms with E-state index in [0.29, 0.717) is 31.5 Å². The van der Waals surface area contributed by atoms with E-state index in [9.17, 15) is 14.0 Å². The molecular weight excluding hydrogens is 331 g/mol. The van der Waals surface area contributed by atoms with Gasteiger partial charge < -0.3 is 10.2 Å². The second kappa shape index (κ2) is 8.13. The molecule has 2 aromatic rings. The summed E-state index contributed by atoms with van der Waals surface area (Å²) in [4.78, 5) is 26.7. The number of hydrogen-bond donors (Lipinski definition) is 1. The first-order valence-corrected chi connectivity index (χ1v) is 8.95. The van der Waals surface area contributed by atoms with Gasteiger partial charge in [0.1, 0.15) is 5.82 Å². The Kier molecular flexibility index (Phi) is 5.66. The zero-order valence-electron chi connectivity index (χ0n) is 14.8. The number of hydrogen-bond acceptors (Lipinski definition) is 2. The summed E-state index contributed by atoms with van der Waals surface area (Å²) < 4.78 is 13.3. The van der Waals surface area contributed by atoms with Gasteiger partial charge in [0.15, 0.2) is 0 Å². The van der Waals surface area contributed by atoms with Gasteiger partial charge in [0.05, 0.1) is 6.04 Å². The predicted octanol–water partition coefficient (Wildman–Crippen LogP) is 3.56. The molecule has 1 saturated heterocycles. The van der Waals surface area contributed by atoms with Crippen molar-refractivity contribution in [2.45, 2.75) is 25.8 Å². The quantitative estimate of drug-likeness (QED) is 0.913. The van der Waals surface area contributed by atoms with Crippen molar-refractivity contribution in [1.82, 2.24) is 10.2 Å². The Morgan fingerprint density at radius 1 is 1.08 bits per heavy atom. The zero-order valence-corrected chi connectivity index (χ0v) is 14.8. The molecule has 136 valence electrons. The van der Waals surface area contributed by atoms with Crippen molar-refractivity contribution in [2.24, 2.45) is 5.92 Å². The third kappa shape index (κ3) is 4.28. The minimum Gasteiger partial charge on any atom is -0.349 e. The molecule has 0 aliphatic carbocycles. The molecule has 0 radical (unpaired) electrons. The molecular formula is C21H23FN2O2. The standard InChI is InChI=1S/C21H23FN2O2/c1-15(16-6-3-2-4-7-16)23-20(25)17-10-12-24(13-11-17)21(26)18-8-5-9-19(22)14-18/h2-9,14-15,17H,10-13H2,1H3,(H,23,25). The second-order valence-corrected chi connectivity index (χ2v) is 6.72. The van der Waals surface area contributed by atoms with Crippen LogP contribution in [0.4, 0.5) is 4.39 Å². The predicted molar refractivity (Wildman–Crippen MR) is 98.0 cm³/mol. The number of amides is 2. The number of nitrogens with one attached hydrogen (secondary N) is 1. The summed E-state index contributed by atoms with van der Waals surface area (Å²) in [5.74, 6) is -0.669. The van der Waals surface area contributed by atoms with Gasteiger partial charge in [0, 0.05) is 24.6 Å². The van der Waals surface area contributed by atoms with Gasteiger partial charge >= 0.3 is 0 Å². The van der Waals surface area contributed by atoms with Gasteiger partial charge in [0.2, 0.25) is 5.91 Å². The first-order valence-electron chi connectivity index (χ1n) is 8.95. The SMILES string of the molecule is CC(NC(=O)C1CCN(C(=O)c2cccc(F)c2)CC1)c1ccccc1. The van der Waals surface area contributed by atoms with Gasteiger partial charge in [-0.2, -0.15) is 0 Å². The molecule has 0 saturated carbocycles. The minimum atomic E-state index is -0.417. The van der Waals surface area contributed by atoms with Crippen LogP contribution < -0.4 is 5.32 Å². The second-order valence-electron chi connectivity index (χ2n) is 6.72. The number of nitrogens with zero attached hydrogens (tertiary/aromatic N) is 1. The molecule has 1 N–H and O–H groups in total. The van der Waals surface area contributed by atoms with Crippen molar-refractivity contribution in [2.75, 3.05) is 13.1 Å². The zero-order chi connectivity index (χ0) is 18.5. The van der Waals surface area contributed by atoms with Gasteiger partial charge in [-0.3, -0.25) is 9.59 Å². The topological polar surface area (TPSA) is 49.4 Å². The van der Waals surface area contributed by atoms with Gasteiger partial charge in [0.25, 0.3) is 5.91 Å². The first-order chi connectivity index (χ1) is 12.5. The average Bonchev–Trinajstić information content (AvgIpc) is 2.68. The largest absolute Gasteiger partial charge is 0.349 e. The van der Waals surface area contributed by atoms with Gasteiger partial charge in [-0.1, -0.05) is 36.4 Å². The highest BCUT2D eigenvalue weighted by Gasteiger charge is 2.28. The third-order valence-electron chi connectivity index (χ3n) is 4.88. The van der Waals surface area contributed by atoms with Crippen molar-refractivity contribution in [3.05, 3.63) is 71.5 Å². The molecule has 4 nitrogen and oxygen atoms in total. The van der Waals surface area contributed by atoms with Crippen LogP contribution in [0.2, 0.25) is 0 Å². The fourth-order valence-corrected chi connectivity index (χ4v) is 3.31. The summed E-state index contributed by atoms with van der Waals surface area (Å²) in [5.41, 5.74) is 1.42. The van der Waals surface area contributed by atoms with E-state index in [1.165, 1.54) is 18.2 Å². The van der Waals surface area contributed by atoms with Gasteiger partial charge in [-0.15, -0.1) is 0 Å². The molecule has 26 heavy (non-hydrogen) atoms. The Hall–Kier alpha value is -2.69. The van der Waals surface area contributed by atoms with E-state index in [1.54, 1.807) is 11.0 Å². The number of likely N-dealkylation sites (tertiary alicyclic amines) is 1. The highest BCUT2D eigenvalue weighted by molar-refractivity contribution is 5.94. The lowest BCUT2D eigenvalue weighted by Crippen LogP contribution is -2.43. The summed E-state index contributed by atoms with van der Waals surface area (Å²) in [6.07, 6.45) is 1.24. The Labute approximate surface area is 153 Å². The Bertz CT molecular complexity index is 771. The molecule has 1 fully saturated rings. The van der Waals surface area contributed by atoms with E-state index >= 15 is 0 Å². The normalized spacial score (nSPS) is 16.2. The molecule has 0 spiro atoms. The number of carbonyl (C=O) groups excluding carboxylic acids is 2. The highest BCUT2D eigenvalue weighted by Crippen LogP contribution is 2.21. The Balaban J connectivity index is 1.53. The molecule has 5 heteroatoms. The first kappa shape index (κ1) is 18.1. The molecule has 1 heterocycles. The van der Waals surface area contributed by atoms with E-state index in [4.69, 9.17) is 0 Å². The van der Waals surface area contributed by atoms with Crippen molar-refractivity contribution in [1.29, 1.82) is 0 Å². The summed E-state index contributed by atoms with van der Waals surface area (Å²) in [5, 5.41) is 3.06. The summed E-state index contributed by atoms with van der Waals surface area (Å²) in [6.45, 7) is 2.98. The smallest absolute Gasteiger partial charge is 0.253 e. The van der Waals surface area contributed by atoms with Gasteiger partial charge in [-0.05, 0) is 43.5 Å². The third-order valence-corrected chi connectivity index (χ3v) is 4.88. The molecule has 2 amide bonds. The van der Waals surface area contributed by atoms with Crippen molar-refractivity contribution in [3.63, 3.8) is 0 Å². The van der Waals surface area contributed by atoms with Crippen LogP contribution >= 0.6 is 0 Å². The summed E-state index contributed by atoms with van der Waals surface area (Å²) in [6, 6.07) is 15.5. The van der Waals surface area contributed by atoms with E-state index in [2.05, 4.69) is 5.32 Å². The minimum absolute atomic E-state index is 0.0270. The van der Waals surface area contributed by atoms with Crippen LogP contribution in [-0.4, -0.2) is 29.8 Å². The molecule has 1 unspecified atom stereocenters. The molecule has 0 aromatic heterocycles. The van der Waals surface area contributed by atoms with Crippen LogP contribution in [0.25, 0.3) is 0 Å². The molecule has 2 aromatic carbocycles. The van der Waals surface area contributed by atoms with Crippen LogP contribution in [0.1, 0.15) is 41.7 Å². The van der Waals surface area contributed by atoms with E-state index in [1.807, 2.05) is 37.3 Å². The van der Waals surface area contributed by atoms with Crippen LogP contribution in [0.3, 0.4) is 0 Å². The molecule has 1 aliphatic heterocycles. The van der Waals surface area contributed by atoms with E-state index in [0.717, 1.165) is 5.56 Å². The monoisotopic (exact) mass is 354 g/mol. The van der Waals surface area contributed by atoms with Crippen molar-refractivity contribution in [3.8, 4) is 0 Å². The molecule has 1 atom stereocenters. The number of halogens is 1. The van der Waals surface area contributed by atoms with Crippen molar-refractivity contribution >= 4 is 11.8 Å². The van der Waals surface area contributed by atoms with Crippen molar-refractivity contribution < 1.29 is 14.0 Å². The van der Waals surface area contributed by atoms with E-state index < -0.39 is 5.82 Å². The maximum absolute atomic E-state index is 13.3. The highest BCUT2D eigenvalue weighted by atomic mass is 19.1. The number of rotatable bonds is 4. The Morgan fingerprint density at radius 3 is 2.42 bits per heavy atom. The van der Waals surface area contributed by atoms with Crippen LogP contribution in [-0.2, 0) is 4.79 Å². The van der Waals surface area contributed by atoms with Crippen LogP contribution in [0, 0.1) is 11.7 Å². The lowest BCUT2D eigenvalue weighted by molar-refractivity contribution is -0.126. The summed E-state index contributed by atoms with van der Waals surface area (Å²) in [7, 11) is 0. The maximum Gasteiger partial charge on any atom is 0.253 e. The van der Waals surface area contributed by atoms with E-state index in [-0.39, 0.29) is 23.8 Å². The maximum atomic E-state index is 13.3. The molecule has 1 aliphatic rings. The van der Waals surface area contributed by atoms with Crippen LogP contribution in [0.15, 0.2) is 54.6 Å². The fraction of sp³-hybridized carbons (Fsp3) is 0.333. The van der Waals surface area contributed by atoms with Gasteiger partial charge in [-0.25, -0.2) is 4.39 Å². The molecule has 0 bridgehead atoms. The van der Waals surface area contributed by atoms with Crippen LogP contribution in [0.5, 0.6) is 0 Å². The average molecular weight is 354 g/mol. The fourth-order valence-electron chi connectivity index (χ4n) is 3.31. The number of piperidine rings is 1.